The largest absolute Gasteiger partial charge is 0.213 e. The van der Waals surface area contributed by atoms with Crippen molar-refractivity contribution in [3.63, 3.8) is 0 Å². The molecule has 0 radical (unpaired) electrons. The van der Waals surface area contributed by atoms with Crippen molar-refractivity contribution in [3.05, 3.63) is 65.7 Å². The molecule has 1 aliphatic heterocycles. The number of fused-ring (bicyclic) bond motifs is 1. The van der Waals surface area contributed by atoms with Crippen molar-refractivity contribution in [2.75, 3.05) is 0 Å². The summed E-state index contributed by atoms with van der Waals surface area (Å²) in [6.07, 6.45) is 0. The van der Waals surface area contributed by atoms with E-state index in [0.29, 0.717) is 0 Å². The van der Waals surface area contributed by atoms with Gasteiger partial charge in [-0.25, -0.2) is 0 Å². The summed E-state index contributed by atoms with van der Waals surface area (Å²) in [5.41, 5.74) is 4.43. The van der Waals surface area contributed by atoms with Crippen LogP contribution in [0, 0.1) is 6.92 Å². The minimum absolute atomic E-state index is 0.249. The number of rotatable bonds is 2. The van der Waals surface area contributed by atoms with E-state index in [1.807, 2.05) is 35.0 Å². The number of aromatic nitrogens is 3. The summed E-state index contributed by atoms with van der Waals surface area (Å²) in [4.78, 5) is 0. The molecule has 0 saturated carbocycles. The van der Waals surface area contributed by atoms with Crippen molar-refractivity contribution in [1.29, 1.82) is 0 Å². The molecule has 0 unspecified atom stereocenters. The molecule has 5 heteroatoms. The topological polar surface area (TPSA) is 43.1 Å². The standard InChI is InChI=1S/C18H16N4S/c1-12-8-6-7-11-15(12)17-19-20-18-22(17)21-16(13(2)23-18)14-9-4-3-5-10-14/h3-11,13H,1-2H3/t13-/m1/s1. The Morgan fingerprint density at radius 1 is 0.957 bits per heavy atom. The van der Waals surface area contributed by atoms with Gasteiger partial charge in [0.15, 0.2) is 5.82 Å². The van der Waals surface area contributed by atoms with Crippen LogP contribution in [0.15, 0.2) is 64.9 Å². The van der Waals surface area contributed by atoms with Crippen LogP contribution < -0.4 is 0 Å². The van der Waals surface area contributed by atoms with Crippen molar-refractivity contribution in [2.24, 2.45) is 5.10 Å². The number of nitrogens with zero attached hydrogens (tertiary/aromatic N) is 4. The van der Waals surface area contributed by atoms with E-state index in [1.165, 1.54) is 5.56 Å². The van der Waals surface area contributed by atoms with Gasteiger partial charge in [-0.1, -0.05) is 66.4 Å². The summed E-state index contributed by atoms with van der Waals surface area (Å²) in [5, 5.41) is 14.7. The van der Waals surface area contributed by atoms with Crippen LogP contribution in [0.5, 0.6) is 0 Å². The van der Waals surface area contributed by atoms with Crippen molar-refractivity contribution in [1.82, 2.24) is 14.9 Å². The Kier molecular flexibility index (Phi) is 3.50. The van der Waals surface area contributed by atoms with E-state index in [1.54, 1.807) is 11.8 Å². The van der Waals surface area contributed by atoms with Gasteiger partial charge in [0.2, 0.25) is 5.16 Å². The first-order valence-electron chi connectivity index (χ1n) is 7.56. The minimum atomic E-state index is 0.249. The summed E-state index contributed by atoms with van der Waals surface area (Å²) in [5.74, 6) is 0.797. The zero-order valence-electron chi connectivity index (χ0n) is 13.0. The molecule has 0 spiro atoms. The van der Waals surface area contributed by atoms with Gasteiger partial charge in [-0.05, 0) is 25.0 Å². The summed E-state index contributed by atoms with van der Waals surface area (Å²) in [6, 6.07) is 18.5. The van der Waals surface area contributed by atoms with Crippen molar-refractivity contribution in [2.45, 2.75) is 24.3 Å². The highest BCUT2D eigenvalue weighted by atomic mass is 32.2. The van der Waals surface area contributed by atoms with Crippen LogP contribution in [0.2, 0.25) is 0 Å². The smallest absolute Gasteiger partial charge is 0.186 e. The second-order valence-electron chi connectivity index (χ2n) is 5.54. The number of hydrogen-bond acceptors (Lipinski definition) is 4. The molecule has 1 aliphatic rings. The van der Waals surface area contributed by atoms with Crippen molar-refractivity contribution >= 4 is 17.5 Å². The maximum Gasteiger partial charge on any atom is 0.213 e. The maximum absolute atomic E-state index is 4.86. The molecule has 3 aromatic rings. The molecule has 0 amide bonds. The molecule has 0 N–H and O–H groups in total. The molecule has 2 heterocycles. The third kappa shape index (κ3) is 2.47. The predicted octanol–water partition coefficient (Wildman–Crippen LogP) is 4.00. The molecule has 2 aromatic carbocycles. The van der Waals surface area contributed by atoms with Crippen molar-refractivity contribution < 1.29 is 0 Å². The lowest BCUT2D eigenvalue weighted by atomic mass is 10.1. The first-order chi connectivity index (χ1) is 11.2. The van der Waals surface area contributed by atoms with Crippen LogP contribution in [0.25, 0.3) is 11.4 Å². The Bertz CT molecular complexity index is 883. The maximum atomic E-state index is 4.86. The Balaban J connectivity index is 1.87. The van der Waals surface area contributed by atoms with E-state index < -0.39 is 0 Å². The Morgan fingerprint density at radius 2 is 1.70 bits per heavy atom. The van der Waals surface area contributed by atoms with E-state index >= 15 is 0 Å². The highest BCUT2D eigenvalue weighted by molar-refractivity contribution is 8.00. The fraction of sp³-hybridized carbons (Fsp3) is 0.167. The third-order valence-corrected chi connectivity index (χ3v) is 4.98. The van der Waals surface area contributed by atoms with E-state index in [2.05, 4.69) is 48.3 Å². The summed E-state index contributed by atoms with van der Waals surface area (Å²) in [6.45, 7) is 4.24. The number of thioether (sulfide) groups is 1. The van der Waals surface area contributed by atoms with E-state index in [4.69, 9.17) is 5.10 Å². The zero-order chi connectivity index (χ0) is 15.8. The van der Waals surface area contributed by atoms with Gasteiger partial charge in [-0.15, -0.1) is 10.2 Å². The van der Waals surface area contributed by atoms with Gasteiger partial charge >= 0.3 is 0 Å². The van der Waals surface area contributed by atoms with Gasteiger partial charge in [-0.3, -0.25) is 0 Å². The van der Waals surface area contributed by atoms with E-state index in [9.17, 15) is 0 Å². The summed E-state index contributed by atoms with van der Waals surface area (Å²) >= 11 is 1.69. The number of benzene rings is 2. The van der Waals surface area contributed by atoms with Gasteiger partial charge < -0.3 is 0 Å². The number of aryl methyl sites for hydroxylation is 1. The Morgan fingerprint density at radius 3 is 2.48 bits per heavy atom. The third-order valence-electron chi connectivity index (χ3n) is 3.94. The zero-order valence-corrected chi connectivity index (χ0v) is 13.8. The molecule has 0 fully saturated rings. The lowest BCUT2D eigenvalue weighted by Gasteiger charge is -2.20. The second kappa shape index (κ2) is 5.66. The summed E-state index contributed by atoms with van der Waals surface area (Å²) < 4.78 is 1.87. The van der Waals surface area contributed by atoms with E-state index in [0.717, 1.165) is 27.8 Å². The van der Waals surface area contributed by atoms with Gasteiger partial charge in [0.1, 0.15) is 0 Å². The SMILES string of the molecule is Cc1ccccc1-c1nnc2n1N=C(c1ccccc1)[C@@H](C)S2. The van der Waals surface area contributed by atoms with Gasteiger partial charge in [-0.2, -0.15) is 9.78 Å². The van der Waals surface area contributed by atoms with Crippen molar-refractivity contribution in [3.8, 4) is 11.4 Å². The molecule has 4 nitrogen and oxygen atoms in total. The van der Waals surface area contributed by atoms with Crippen LogP contribution in [-0.2, 0) is 0 Å². The van der Waals surface area contributed by atoms with Crippen LogP contribution in [0.3, 0.4) is 0 Å². The fourth-order valence-electron chi connectivity index (χ4n) is 2.73. The number of hydrogen-bond donors (Lipinski definition) is 0. The Hall–Kier alpha value is -2.40. The summed E-state index contributed by atoms with van der Waals surface area (Å²) in [7, 11) is 0. The first-order valence-corrected chi connectivity index (χ1v) is 8.44. The first kappa shape index (κ1) is 14.2. The molecule has 23 heavy (non-hydrogen) atoms. The van der Waals surface area contributed by atoms with Crippen LogP contribution in [0.4, 0.5) is 0 Å². The van der Waals surface area contributed by atoms with Crippen LogP contribution in [0.1, 0.15) is 18.1 Å². The molecule has 1 atom stereocenters. The lowest BCUT2D eigenvalue weighted by molar-refractivity contribution is 0.754. The average Bonchev–Trinajstić information content (AvgIpc) is 2.98. The molecule has 0 aliphatic carbocycles. The highest BCUT2D eigenvalue weighted by Gasteiger charge is 2.26. The molecular formula is C18H16N4S. The minimum Gasteiger partial charge on any atom is -0.186 e. The van der Waals surface area contributed by atoms with Gasteiger partial charge in [0, 0.05) is 5.56 Å². The van der Waals surface area contributed by atoms with Gasteiger partial charge in [0.05, 0.1) is 11.0 Å². The lowest BCUT2D eigenvalue weighted by Crippen LogP contribution is -2.21. The Labute approximate surface area is 139 Å². The molecule has 0 saturated heterocycles. The monoisotopic (exact) mass is 320 g/mol. The molecular weight excluding hydrogens is 304 g/mol. The van der Waals surface area contributed by atoms with Crippen LogP contribution in [-0.4, -0.2) is 25.8 Å². The molecule has 0 bridgehead atoms. The fourth-order valence-corrected chi connectivity index (χ4v) is 3.65. The predicted molar refractivity (Wildman–Crippen MR) is 93.9 cm³/mol. The van der Waals surface area contributed by atoms with Crippen LogP contribution >= 0.6 is 11.8 Å². The second-order valence-corrected chi connectivity index (χ2v) is 6.85. The molecule has 4 rings (SSSR count). The van der Waals surface area contributed by atoms with E-state index in [-0.39, 0.29) is 5.25 Å². The normalized spacial score (nSPS) is 16.8. The average molecular weight is 320 g/mol. The molecule has 114 valence electrons. The highest BCUT2D eigenvalue weighted by Crippen LogP contribution is 2.33. The quantitative estimate of drug-likeness (QED) is 0.717. The molecule has 1 aromatic heterocycles. The van der Waals surface area contributed by atoms with Gasteiger partial charge in [0.25, 0.3) is 0 Å².